The number of thiazole rings is 1. The van der Waals surface area contributed by atoms with Crippen LogP contribution >= 0.6 is 11.3 Å². The SMILES string of the molecule is COCCOCCCOCc1csc(C(=O)NN)n1. The molecule has 108 valence electrons. The van der Waals surface area contributed by atoms with Crippen LogP contribution in [-0.2, 0) is 20.8 Å². The second-order valence-electron chi connectivity index (χ2n) is 3.63. The van der Waals surface area contributed by atoms with Gasteiger partial charge in [-0.2, -0.15) is 0 Å². The number of aromatic nitrogens is 1. The van der Waals surface area contributed by atoms with Gasteiger partial charge >= 0.3 is 0 Å². The van der Waals surface area contributed by atoms with Crippen molar-refractivity contribution >= 4 is 17.2 Å². The van der Waals surface area contributed by atoms with Crippen LogP contribution in [0.25, 0.3) is 0 Å². The largest absolute Gasteiger partial charge is 0.382 e. The van der Waals surface area contributed by atoms with E-state index >= 15 is 0 Å². The van der Waals surface area contributed by atoms with E-state index in [4.69, 9.17) is 20.1 Å². The summed E-state index contributed by atoms with van der Waals surface area (Å²) in [6.07, 6.45) is 0.810. The first kappa shape index (κ1) is 16.0. The van der Waals surface area contributed by atoms with Gasteiger partial charge in [0.25, 0.3) is 5.91 Å². The summed E-state index contributed by atoms with van der Waals surface area (Å²) in [4.78, 5) is 15.3. The molecule has 0 aliphatic heterocycles. The average molecular weight is 289 g/mol. The molecular weight excluding hydrogens is 270 g/mol. The fraction of sp³-hybridized carbons (Fsp3) is 0.636. The Morgan fingerprint density at radius 1 is 1.37 bits per heavy atom. The third-order valence-corrected chi connectivity index (χ3v) is 3.03. The standard InChI is InChI=1S/C11H19N3O4S/c1-16-5-6-17-3-2-4-18-7-9-8-19-11(13-9)10(15)14-12/h8H,2-7,12H2,1H3,(H,14,15). The van der Waals surface area contributed by atoms with Gasteiger partial charge in [-0.05, 0) is 6.42 Å². The van der Waals surface area contributed by atoms with Gasteiger partial charge < -0.3 is 14.2 Å². The number of nitrogens with zero attached hydrogens (tertiary/aromatic N) is 1. The molecule has 0 spiro atoms. The topological polar surface area (TPSA) is 95.7 Å². The summed E-state index contributed by atoms with van der Waals surface area (Å²) in [5.74, 6) is 4.63. The summed E-state index contributed by atoms with van der Waals surface area (Å²) in [7, 11) is 1.64. The monoisotopic (exact) mass is 289 g/mol. The van der Waals surface area contributed by atoms with E-state index in [9.17, 15) is 4.79 Å². The minimum Gasteiger partial charge on any atom is -0.382 e. The van der Waals surface area contributed by atoms with Crippen molar-refractivity contribution in [3.05, 3.63) is 16.1 Å². The molecular formula is C11H19N3O4S. The molecule has 0 atom stereocenters. The minimum absolute atomic E-state index is 0.337. The molecule has 3 N–H and O–H groups in total. The van der Waals surface area contributed by atoms with Crippen molar-refractivity contribution in [2.24, 2.45) is 5.84 Å². The van der Waals surface area contributed by atoms with Gasteiger partial charge in [-0.1, -0.05) is 0 Å². The summed E-state index contributed by atoms with van der Waals surface area (Å²) < 4.78 is 15.6. The minimum atomic E-state index is -0.386. The lowest BCUT2D eigenvalue weighted by Crippen LogP contribution is -2.29. The maximum atomic E-state index is 11.2. The molecule has 0 saturated carbocycles. The normalized spacial score (nSPS) is 10.6. The van der Waals surface area contributed by atoms with E-state index in [2.05, 4.69) is 4.98 Å². The molecule has 1 aromatic heterocycles. The highest BCUT2D eigenvalue weighted by Gasteiger charge is 2.09. The lowest BCUT2D eigenvalue weighted by molar-refractivity contribution is 0.0479. The third kappa shape index (κ3) is 6.60. The zero-order chi connectivity index (χ0) is 13.9. The van der Waals surface area contributed by atoms with E-state index in [1.165, 1.54) is 11.3 Å². The highest BCUT2D eigenvalue weighted by Crippen LogP contribution is 2.10. The Kier molecular flexibility index (Phi) is 8.26. The van der Waals surface area contributed by atoms with Crippen LogP contribution in [-0.4, -0.2) is 44.4 Å². The van der Waals surface area contributed by atoms with Gasteiger partial charge in [-0.3, -0.25) is 10.2 Å². The fourth-order valence-corrected chi connectivity index (χ4v) is 1.93. The highest BCUT2D eigenvalue weighted by molar-refractivity contribution is 7.11. The maximum Gasteiger partial charge on any atom is 0.294 e. The van der Waals surface area contributed by atoms with Crippen molar-refractivity contribution in [2.75, 3.05) is 33.5 Å². The molecule has 19 heavy (non-hydrogen) atoms. The highest BCUT2D eigenvalue weighted by atomic mass is 32.1. The molecule has 0 fully saturated rings. The van der Waals surface area contributed by atoms with E-state index in [1.54, 1.807) is 12.5 Å². The van der Waals surface area contributed by atoms with Crippen LogP contribution in [0.2, 0.25) is 0 Å². The predicted molar refractivity (Wildman–Crippen MR) is 70.7 cm³/mol. The van der Waals surface area contributed by atoms with Gasteiger partial charge in [0.15, 0.2) is 5.01 Å². The number of methoxy groups -OCH3 is 1. The first-order chi connectivity index (χ1) is 9.27. The van der Waals surface area contributed by atoms with Gasteiger partial charge in [0, 0.05) is 25.7 Å². The molecule has 7 nitrogen and oxygen atoms in total. The Hall–Kier alpha value is -1.06. The quantitative estimate of drug-likeness (QED) is 0.279. The number of amides is 1. The molecule has 0 aliphatic rings. The number of carbonyl (C=O) groups is 1. The summed E-state index contributed by atoms with van der Waals surface area (Å²) in [6, 6.07) is 0. The lowest BCUT2D eigenvalue weighted by Gasteiger charge is -2.04. The maximum absolute atomic E-state index is 11.2. The van der Waals surface area contributed by atoms with Crippen molar-refractivity contribution in [3.63, 3.8) is 0 Å². The molecule has 8 heteroatoms. The van der Waals surface area contributed by atoms with Crippen LogP contribution in [0.4, 0.5) is 0 Å². The van der Waals surface area contributed by atoms with E-state index in [0.29, 0.717) is 38.0 Å². The fourth-order valence-electron chi connectivity index (χ4n) is 1.22. The van der Waals surface area contributed by atoms with E-state index in [-0.39, 0.29) is 5.91 Å². The van der Waals surface area contributed by atoms with E-state index in [0.717, 1.165) is 12.1 Å². The Bertz CT molecular complexity index is 373. The molecule has 1 heterocycles. The number of hydrogen-bond donors (Lipinski definition) is 2. The van der Waals surface area contributed by atoms with Crippen LogP contribution in [0.15, 0.2) is 5.38 Å². The van der Waals surface area contributed by atoms with Crippen LogP contribution in [0.5, 0.6) is 0 Å². The van der Waals surface area contributed by atoms with E-state index < -0.39 is 0 Å². The summed E-state index contributed by atoms with van der Waals surface area (Å²) in [6.45, 7) is 2.81. The first-order valence-corrected chi connectivity index (χ1v) is 6.75. The van der Waals surface area contributed by atoms with Gasteiger partial charge in [0.1, 0.15) is 0 Å². The number of carbonyl (C=O) groups excluding carboxylic acids is 1. The van der Waals surface area contributed by atoms with Crippen LogP contribution in [0, 0.1) is 0 Å². The van der Waals surface area contributed by atoms with Crippen LogP contribution < -0.4 is 11.3 Å². The van der Waals surface area contributed by atoms with Gasteiger partial charge in [0.05, 0.1) is 25.5 Å². The van der Waals surface area contributed by atoms with Crippen molar-refractivity contribution in [3.8, 4) is 0 Å². The van der Waals surface area contributed by atoms with Gasteiger partial charge in [0.2, 0.25) is 0 Å². The third-order valence-electron chi connectivity index (χ3n) is 2.14. The molecule has 1 rings (SSSR count). The number of nitrogen functional groups attached to an aromatic ring is 1. The predicted octanol–water partition coefficient (Wildman–Crippen LogP) is 0.316. The molecule has 0 aliphatic carbocycles. The summed E-state index contributed by atoms with van der Waals surface area (Å²) in [5.41, 5.74) is 2.76. The number of ether oxygens (including phenoxy) is 3. The number of hydrazine groups is 1. The van der Waals surface area contributed by atoms with Gasteiger partial charge in [-0.25, -0.2) is 10.8 Å². The molecule has 1 aromatic rings. The van der Waals surface area contributed by atoms with Crippen LogP contribution in [0.3, 0.4) is 0 Å². The van der Waals surface area contributed by atoms with Crippen molar-refractivity contribution in [1.29, 1.82) is 0 Å². The van der Waals surface area contributed by atoms with Gasteiger partial charge in [-0.15, -0.1) is 11.3 Å². The Morgan fingerprint density at radius 2 is 2.16 bits per heavy atom. The number of hydrogen-bond acceptors (Lipinski definition) is 7. The Balaban J connectivity index is 2.06. The summed E-state index contributed by atoms with van der Waals surface area (Å²) >= 11 is 1.24. The second-order valence-corrected chi connectivity index (χ2v) is 4.49. The number of nitrogens with two attached hydrogens (primary N) is 1. The lowest BCUT2D eigenvalue weighted by atomic mass is 10.5. The molecule has 1 amide bonds. The average Bonchev–Trinajstić information content (AvgIpc) is 2.89. The second kappa shape index (κ2) is 9.82. The molecule has 0 radical (unpaired) electrons. The Labute approximate surface area is 116 Å². The smallest absolute Gasteiger partial charge is 0.294 e. The zero-order valence-corrected chi connectivity index (χ0v) is 11.7. The van der Waals surface area contributed by atoms with Crippen molar-refractivity contribution < 1.29 is 19.0 Å². The summed E-state index contributed by atoms with van der Waals surface area (Å²) in [5, 5.41) is 2.11. The zero-order valence-electron chi connectivity index (χ0n) is 10.9. The van der Waals surface area contributed by atoms with Crippen LogP contribution in [0.1, 0.15) is 21.9 Å². The van der Waals surface area contributed by atoms with Crippen molar-refractivity contribution in [1.82, 2.24) is 10.4 Å². The Morgan fingerprint density at radius 3 is 2.89 bits per heavy atom. The molecule has 0 saturated heterocycles. The molecule has 0 aromatic carbocycles. The van der Waals surface area contributed by atoms with E-state index in [1.807, 2.05) is 5.43 Å². The molecule has 0 unspecified atom stereocenters. The first-order valence-electron chi connectivity index (χ1n) is 5.87. The number of rotatable bonds is 10. The van der Waals surface area contributed by atoms with Crippen molar-refractivity contribution in [2.45, 2.75) is 13.0 Å². The molecule has 0 bridgehead atoms. The number of nitrogens with one attached hydrogen (secondary N) is 1.